The Labute approximate surface area is 217 Å². The molecule has 1 aliphatic rings. The Morgan fingerprint density at radius 3 is 2.65 bits per heavy atom. The molecule has 2 amide bonds. The quantitative estimate of drug-likeness (QED) is 0.383. The first-order chi connectivity index (χ1) is 17.8. The number of aromatic nitrogens is 2. The molecule has 0 aliphatic heterocycles. The van der Waals surface area contributed by atoms with Gasteiger partial charge in [-0.3, -0.25) is 9.48 Å². The van der Waals surface area contributed by atoms with E-state index in [-0.39, 0.29) is 24.8 Å². The molecule has 1 fully saturated rings. The summed E-state index contributed by atoms with van der Waals surface area (Å²) >= 11 is 6.23. The molecule has 0 spiro atoms. The van der Waals surface area contributed by atoms with Crippen molar-refractivity contribution in [2.45, 2.75) is 45.1 Å². The number of halogens is 2. The Morgan fingerprint density at radius 1 is 1.19 bits per heavy atom. The first-order valence-corrected chi connectivity index (χ1v) is 12.2. The van der Waals surface area contributed by atoms with E-state index < -0.39 is 29.8 Å². The van der Waals surface area contributed by atoms with E-state index in [4.69, 9.17) is 21.1 Å². The van der Waals surface area contributed by atoms with E-state index in [0.717, 1.165) is 24.5 Å². The largest absolute Gasteiger partial charge is 0.461 e. The number of carbonyl (C=O) groups is 3. The van der Waals surface area contributed by atoms with E-state index in [2.05, 4.69) is 15.7 Å². The van der Waals surface area contributed by atoms with Crippen LogP contribution >= 0.6 is 11.6 Å². The number of nitrogens with zero attached hydrogens (tertiary/aromatic N) is 2. The standard InChI is InChI=1S/C26H26ClFN4O5/c1-2-32-23(21(27)13-30-32)17-10-18(12-19(28)11-17)24(33)29-14-22(25(34)37-20-8-9-20)31-26(35)36-15-16-6-4-3-5-7-16/h3-7,10-13,20,22H,2,8-9,14-15H2,1H3,(H,29,33)(H,31,35)/t22-/m1/s1. The Hall–Kier alpha value is -3.92. The van der Waals surface area contributed by atoms with Gasteiger partial charge in [0.1, 0.15) is 24.6 Å². The maximum Gasteiger partial charge on any atom is 0.408 e. The maximum absolute atomic E-state index is 14.4. The van der Waals surface area contributed by atoms with Crippen molar-refractivity contribution in [1.82, 2.24) is 20.4 Å². The van der Waals surface area contributed by atoms with Gasteiger partial charge in [-0.25, -0.2) is 14.0 Å². The molecule has 2 aromatic carbocycles. The molecule has 11 heteroatoms. The van der Waals surface area contributed by atoms with E-state index in [0.29, 0.717) is 22.8 Å². The van der Waals surface area contributed by atoms with E-state index in [1.807, 2.05) is 25.1 Å². The van der Waals surface area contributed by atoms with Gasteiger partial charge in [-0.15, -0.1) is 0 Å². The summed E-state index contributed by atoms with van der Waals surface area (Å²) in [6.45, 7) is 2.08. The molecule has 0 unspecified atom stereocenters. The minimum absolute atomic E-state index is 0.00635. The van der Waals surface area contributed by atoms with E-state index in [1.54, 1.807) is 16.8 Å². The smallest absolute Gasteiger partial charge is 0.408 e. The molecular formula is C26H26ClFN4O5. The molecule has 1 saturated carbocycles. The molecule has 194 valence electrons. The van der Waals surface area contributed by atoms with Crippen LogP contribution in [0.5, 0.6) is 0 Å². The lowest BCUT2D eigenvalue weighted by molar-refractivity contribution is -0.147. The molecule has 1 atom stereocenters. The lowest BCUT2D eigenvalue weighted by Crippen LogP contribution is -2.49. The van der Waals surface area contributed by atoms with Crippen LogP contribution in [0.2, 0.25) is 5.02 Å². The van der Waals surface area contributed by atoms with Crippen molar-refractivity contribution in [3.63, 3.8) is 0 Å². The lowest BCUT2D eigenvalue weighted by Gasteiger charge is -2.18. The van der Waals surface area contributed by atoms with Gasteiger partial charge in [0.25, 0.3) is 5.91 Å². The van der Waals surface area contributed by atoms with Crippen LogP contribution in [-0.2, 0) is 27.4 Å². The summed E-state index contributed by atoms with van der Waals surface area (Å²) in [4.78, 5) is 37.8. The van der Waals surface area contributed by atoms with Gasteiger partial charge in [0.2, 0.25) is 0 Å². The predicted molar refractivity (Wildman–Crippen MR) is 133 cm³/mol. The maximum atomic E-state index is 14.4. The molecule has 1 aromatic heterocycles. The van der Waals surface area contributed by atoms with Crippen molar-refractivity contribution in [2.24, 2.45) is 0 Å². The minimum atomic E-state index is -1.20. The number of esters is 1. The fourth-order valence-corrected chi connectivity index (χ4v) is 3.83. The molecular weight excluding hydrogens is 503 g/mol. The monoisotopic (exact) mass is 528 g/mol. The first-order valence-electron chi connectivity index (χ1n) is 11.8. The number of alkyl carbamates (subject to hydrolysis) is 1. The zero-order valence-corrected chi connectivity index (χ0v) is 20.8. The van der Waals surface area contributed by atoms with Crippen LogP contribution in [0.15, 0.2) is 54.7 Å². The van der Waals surface area contributed by atoms with Crippen molar-refractivity contribution in [2.75, 3.05) is 6.54 Å². The number of carbonyl (C=O) groups excluding carboxylic acids is 3. The van der Waals surface area contributed by atoms with Crippen molar-refractivity contribution >= 4 is 29.6 Å². The number of aryl methyl sites for hydroxylation is 1. The summed E-state index contributed by atoms with van der Waals surface area (Å²) in [5, 5.41) is 9.47. The van der Waals surface area contributed by atoms with Gasteiger partial charge in [0.05, 0.1) is 16.9 Å². The number of benzene rings is 2. The van der Waals surface area contributed by atoms with Crippen molar-refractivity contribution in [3.8, 4) is 11.3 Å². The molecule has 3 aromatic rings. The highest BCUT2D eigenvalue weighted by Crippen LogP contribution is 2.29. The summed E-state index contributed by atoms with van der Waals surface area (Å²) < 4.78 is 26.5. The second-order valence-corrected chi connectivity index (χ2v) is 8.90. The number of ether oxygens (including phenoxy) is 2. The van der Waals surface area contributed by atoms with Crippen LogP contribution in [0.25, 0.3) is 11.3 Å². The van der Waals surface area contributed by atoms with E-state index >= 15 is 0 Å². The van der Waals surface area contributed by atoms with Gasteiger partial charge in [-0.2, -0.15) is 5.10 Å². The number of hydrogen-bond acceptors (Lipinski definition) is 6. The zero-order valence-electron chi connectivity index (χ0n) is 20.1. The van der Waals surface area contributed by atoms with Crippen molar-refractivity contribution in [3.05, 3.63) is 76.7 Å². The second-order valence-electron chi connectivity index (χ2n) is 8.49. The highest BCUT2D eigenvalue weighted by Gasteiger charge is 2.31. The summed E-state index contributed by atoms with van der Waals surface area (Å²) in [5.74, 6) is -1.99. The van der Waals surface area contributed by atoms with Crippen molar-refractivity contribution < 1.29 is 28.2 Å². The van der Waals surface area contributed by atoms with E-state index in [1.165, 1.54) is 18.3 Å². The first kappa shape index (κ1) is 26.2. The van der Waals surface area contributed by atoms with Gasteiger partial charge in [0.15, 0.2) is 0 Å². The van der Waals surface area contributed by atoms with Crippen molar-refractivity contribution in [1.29, 1.82) is 0 Å². The third kappa shape index (κ3) is 7.07. The number of nitrogens with one attached hydrogen (secondary N) is 2. The minimum Gasteiger partial charge on any atom is -0.461 e. The predicted octanol–water partition coefficient (Wildman–Crippen LogP) is 4.09. The fourth-order valence-electron chi connectivity index (χ4n) is 3.58. The Balaban J connectivity index is 1.43. The van der Waals surface area contributed by atoms with Gasteiger partial charge < -0.3 is 20.1 Å². The van der Waals surface area contributed by atoms with Gasteiger partial charge in [-0.05, 0) is 43.5 Å². The van der Waals surface area contributed by atoms with E-state index in [9.17, 15) is 18.8 Å². The second kappa shape index (κ2) is 11.9. The number of amides is 2. The molecule has 0 radical (unpaired) electrons. The lowest BCUT2D eigenvalue weighted by atomic mass is 10.1. The molecule has 1 aliphatic carbocycles. The van der Waals surface area contributed by atoms with Gasteiger partial charge in [0, 0.05) is 24.2 Å². The summed E-state index contributed by atoms with van der Waals surface area (Å²) in [7, 11) is 0. The van der Waals surface area contributed by atoms with Crippen LogP contribution in [-0.4, -0.2) is 46.4 Å². The average molecular weight is 529 g/mol. The van der Waals surface area contributed by atoms with Crippen LogP contribution in [0.4, 0.5) is 9.18 Å². The van der Waals surface area contributed by atoms with Crippen LogP contribution in [0.3, 0.4) is 0 Å². The normalized spacial score (nSPS) is 13.5. The molecule has 2 N–H and O–H groups in total. The fraction of sp³-hybridized carbons (Fsp3) is 0.308. The molecule has 4 rings (SSSR count). The average Bonchev–Trinajstić information content (AvgIpc) is 3.63. The van der Waals surface area contributed by atoms with Gasteiger partial charge >= 0.3 is 12.1 Å². The third-order valence-electron chi connectivity index (χ3n) is 5.59. The highest BCUT2D eigenvalue weighted by atomic mass is 35.5. The summed E-state index contributed by atoms with van der Waals surface area (Å²) in [6.07, 6.45) is 1.89. The molecule has 0 bridgehead atoms. The SMILES string of the molecule is CCn1ncc(Cl)c1-c1cc(F)cc(C(=O)NC[C@@H](NC(=O)OCc2ccccc2)C(=O)OC2CC2)c1. The topological polar surface area (TPSA) is 112 Å². The van der Waals surface area contributed by atoms with Crippen LogP contribution in [0.1, 0.15) is 35.7 Å². The van der Waals surface area contributed by atoms with Gasteiger partial charge in [-0.1, -0.05) is 41.9 Å². The molecule has 0 saturated heterocycles. The third-order valence-corrected chi connectivity index (χ3v) is 5.87. The zero-order chi connectivity index (χ0) is 26.4. The molecule has 1 heterocycles. The highest BCUT2D eigenvalue weighted by molar-refractivity contribution is 6.33. The van der Waals surface area contributed by atoms with Crippen LogP contribution < -0.4 is 10.6 Å². The Kier molecular flexibility index (Phi) is 8.39. The Morgan fingerprint density at radius 2 is 1.95 bits per heavy atom. The molecule has 9 nitrogen and oxygen atoms in total. The number of hydrogen-bond donors (Lipinski definition) is 2. The summed E-state index contributed by atoms with van der Waals surface area (Å²) in [5.41, 5.74) is 1.64. The Bertz CT molecular complexity index is 1280. The summed E-state index contributed by atoms with van der Waals surface area (Å²) in [6, 6.07) is 11.6. The number of rotatable bonds is 10. The van der Waals surface area contributed by atoms with Crippen LogP contribution in [0, 0.1) is 5.82 Å². The molecule has 37 heavy (non-hydrogen) atoms.